The van der Waals surface area contributed by atoms with Crippen molar-refractivity contribution in [2.45, 2.75) is 23.6 Å². The number of nitrogens with one attached hydrogen (secondary N) is 1. The Balaban J connectivity index is 1.57. The maximum atomic E-state index is 13.2. The molecule has 0 bridgehead atoms. The SMILES string of the molecule is CCOc1cccc(N2C(=O)/C(=C/c3ccc(Sc4ccc(C)cc4)cc3)C(=O)NC2=S)c1. The van der Waals surface area contributed by atoms with Gasteiger partial charge in [0.05, 0.1) is 12.3 Å². The van der Waals surface area contributed by atoms with Crippen LogP contribution in [0.15, 0.2) is 88.2 Å². The van der Waals surface area contributed by atoms with E-state index in [0.29, 0.717) is 18.0 Å². The summed E-state index contributed by atoms with van der Waals surface area (Å²) < 4.78 is 5.53. The van der Waals surface area contributed by atoms with Gasteiger partial charge in [0.2, 0.25) is 0 Å². The quantitative estimate of drug-likeness (QED) is 0.295. The first-order valence-electron chi connectivity index (χ1n) is 10.4. The third-order valence-corrected chi connectivity index (χ3v) is 6.24. The van der Waals surface area contributed by atoms with Crippen LogP contribution in [0.5, 0.6) is 5.75 Å². The summed E-state index contributed by atoms with van der Waals surface area (Å²) >= 11 is 6.93. The number of amides is 2. The van der Waals surface area contributed by atoms with Crippen LogP contribution in [0, 0.1) is 6.92 Å². The molecular formula is C26H22N2O3S2. The van der Waals surface area contributed by atoms with Crippen molar-refractivity contribution >= 4 is 52.7 Å². The van der Waals surface area contributed by atoms with Crippen molar-refractivity contribution in [2.75, 3.05) is 11.5 Å². The highest BCUT2D eigenvalue weighted by molar-refractivity contribution is 7.99. The molecule has 0 atom stereocenters. The van der Waals surface area contributed by atoms with Crippen LogP contribution in [-0.2, 0) is 9.59 Å². The van der Waals surface area contributed by atoms with Gasteiger partial charge in [-0.3, -0.25) is 19.8 Å². The number of carbonyl (C=O) groups is 2. The number of benzene rings is 3. The molecule has 7 heteroatoms. The second-order valence-electron chi connectivity index (χ2n) is 7.37. The molecule has 2 amide bonds. The minimum atomic E-state index is -0.514. The van der Waals surface area contributed by atoms with Gasteiger partial charge in [0.25, 0.3) is 11.8 Å². The lowest BCUT2D eigenvalue weighted by atomic mass is 10.1. The van der Waals surface area contributed by atoms with Gasteiger partial charge in [-0.05, 0) is 74.1 Å². The van der Waals surface area contributed by atoms with Gasteiger partial charge in [0.1, 0.15) is 11.3 Å². The lowest BCUT2D eigenvalue weighted by molar-refractivity contribution is -0.122. The monoisotopic (exact) mass is 474 g/mol. The molecule has 0 spiro atoms. The van der Waals surface area contributed by atoms with Crippen LogP contribution in [0.2, 0.25) is 0 Å². The molecule has 5 nitrogen and oxygen atoms in total. The van der Waals surface area contributed by atoms with Crippen LogP contribution in [0.25, 0.3) is 6.08 Å². The number of nitrogens with zero attached hydrogens (tertiary/aromatic N) is 1. The van der Waals surface area contributed by atoms with Gasteiger partial charge in [-0.2, -0.15) is 0 Å². The molecule has 0 radical (unpaired) electrons. The lowest BCUT2D eigenvalue weighted by Crippen LogP contribution is -2.54. The summed E-state index contributed by atoms with van der Waals surface area (Å²) in [5, 5.41) is 2.66. The number of anilines is 1. The third kappa shape index (κ3) is 5.32. The van der Waals surface area contributed by atoms with Gasteiger partial charge in [-0.1, -0.05) is 47.7 Å². The fraction of sp³-hybridized carbons (Fsp3) is 0.115. The van der Waals surface area contributed by atoms with Crippen LogP contribution in [0.4, 0.5) is 5.69 Å². The molecule has 3 aromatic rings. The van der Waals surface area contributed by atoms with Gasteiger partial charge in [-0.25, -0.2) is 0 Å². The summed E-state index contributed by atoms with van der Waals surface area (Å²) in [6.45, 7) is 4.44. The Morgan fingerprint density at radius 3 is 2.33 bits per heavy atom. The van der Waals surface area contributed by atoms with E-state index >= 15 is 0 Å². The van der Waals surface area contributed by atoms with Crippen LogP contribution in [-0.4, -0.2) is 23.5 Å². The van der Waals surface area contributed by atoms with Crippen molar-refractivity contribution < 1.29 is 14.3 Å². The summed E-state index contributed by atoms with van der Waals surface area (Å²) in [4.78, 5) is 29.3. The molecule has 1 N–H and O–H groups in total. The minimum Gasteiger partial charge on any atom is -0.494 e. The molecule has 33 heavy (non-hydrogen) atoms. The van der Waals surface area contributed by atoms with Crippen molar-refractivity contribution in [3.8, 4) is 5.75 Å². The van der Waals surface area contributed by atoms with E-state index in [1.54, 1.807) is 42.1 Å². The van der Waals surface area contributed by atoms with Gasteiger partial charge in [0, 0.05) is 15.9 Å². The van der Waals surface area contributed by atoms with Gasteiger partial charge < -0.3 is 4.74 Å². The average Bonchev–Trinajstić information content (AvgIpc) is 2.80. The summed E-state index contributed by atoms with van der Waals surface area (Å²) in [7, 11) is 0. The second kappa shape index (κ2) is 10.0. The van der Waals surface area contributed by atoms with Crippen LogP contribution in [0.3, 0.4) is 0 Å². The molecule has 1 fully saturated rings. The lowest BCUT2D eigenvalue weighted by Gasteiger charge is -2.29. The number of ether oxygens (including phenoxy) is 1. The first kappa shape index (κ1) is 22.8. The standard InChI is InChI=1S/C26H22N2O3S2/c1-3-31-20-6-4-5-19(16-20)28-25(30)23(24(29)27-26(28)32)15-18-9-13-22(14-10-18)33-21-11-7-17(2)8-12-21/h4-16H,3H2,1-2H3,(H,27,29,32)/b23-15+. The zero-order valence-corrected chi connectivity index (χ0v) is 19.8. The Bertz CT molecular complexity index is 1240. The van der Waals surface area contributed by atoms with Crippen LogP contribution < -0.4 is 15.0 Å². The molecule has 0 saturated carbocycles. The van der Waals surface area contributed by atoms with E-state index in [1.165, 1.54) is 10.5 Å². The fourth-order valence-electron chi connectivity index (χ4n) is 3.31. The number of aryl methyl sites for hydroxylation is 1. The first-order chi connectivity index (χ1) is 15.9. The molecule has 0 unspecified atom stereocenters. The zero-order valence-electron chi connectivity index (χ0n) is 18.2. The second-order valence-corrected chi connectivity index (χ2v) is 8.91. The molecular weight excluding hydrogens is 452 g/mol. The highest BCUT2D eigenvalue weighted by atomic mass is 32.2. The smallest absolute Gasteiger partial charge is 0.270 e. The zero-order chi connectivity index (χ0) is 23.4. The first-order valence-corrected chi connectivity index (χ1v) is 11.7. The van der Waals surface area contributed by atoms with Crippen molar-refractivity contribution in [2.24, 2.45) is 0 Å². The Hall–Kier alpha value is -3.42. The Morgan fingerprint density at radius 2 is 1.67 bits per heavy atom. The summed E-state index contributed by atoms with van der Waals surface area (Å²) in [5.74, 6) is -0.370. The number of rotatable bonds is 6. The normalized spacial score (nSPS) is 15.0. The molecule has 1 aliphatic rings. The van der Waals surface area contributed by atoms with Crippen LogP contribution in [0.1, 0.15) is 18.1 Å². The Labute approximate surface area is 202 Å². The van der Waals surface area contributed by atoms with E-state index in [0.717, 1.165) is 15.4 Å². The van der Waals surface area contributed by atoms with E-state index in [4.69, 9.17) is 17.0 Å². The predicted octanol–water partition coefficient (Wildman–Crippen LogP) is 5.38. The summed E-state index contributed by atoms with van der Waals surface area (Å²) in [6, 6.07) is 23.1. The molecule has 0 aliphatic carbocycles. The highest BCUT2D eigenvalue weighted by Gasteiger charge is 2.34. The molecule has 1 saturated heterocycles. The van der Waals surface area contributed by atoms with E-state index in [1.807, 2.05) is 31.2 Å². The van der Waals surface area contributed by atoms with E-state index < -0.39 is 11.8 Å². The average molecular weight is 475 g/mol. The topological polar surface area (TPSA) is 58.6 Å². The van der Waals surface area contributed by atoms with E-state index in [-0.39, 0.29) is 10.7 Å². The van der Waals surface area contributed by atoms with Crippen molar-refractivity contribution in [1.82, 2.24) is 5.32 Å². The number of carbonyl (C=O) groups excluding carboxylic acids is 2. The molecule has 166 valence electrons. The Morgan fingerprint density at radius 1 is 1.00 bits per heavy atom. The number of hydrogen-bond donors (Lipinski definition) is 1. The molecule has 1 heterocycles. The van der Waals surface area contributed by atoms with Crippen molar-refractivity contribution in [3.63, 3.8) is 0 Å². The molecule has 0 aromatic heterocycles. The van der Waals surface area contributed by atoms with Gasteiger partial charge in [0.15, 0.2) is 5.11 Å². The molecule has 4 rings (SSSR count). The van der Waals surface area contributed by atoms with Crippen LogP contribution >= 0.6 is 24.0 Å². The van der Waals surface area contributed by atoms with E-state index in [2.05, 4.69) is 36.5 Å². The largest absolute Gasteiger partial charge is 0.494 e. The van der Waals surface area contributed by atoms with Crippen molar-refractivity contribution in [3.05, 3.63) is 89.5 Å². The minimum absolute atomic E-state index is 0.0179. The maximum absolute atomic E-state index is 13.2. The summed E-state index contributed by atoms with van der Waals surface area (Å²) in [6.07, 6.45) is 1.58. The number of hydrogen-bond acceptors (Lipinski definition) is 5. The molecule has 3 aromatic carbocycles. The highest BCUT2D eigenvalue weighted by Crippen LogP contribution is 2.29. The third-order valence-electron chi connectivity index (χ3n) is 4.94. The number of thiocarbonyl (C=S) groups is 1. The van der Waals surface area contributed by atoms with Gasteiger partial charge in [-0.15, -0.1) is 0 Å². The predicted molar refractivity (Wildman–Crippen MR) is 136 cm³/mol. The van der Waals surface area contributed by atoms with E-state index in [9.17, 15) is 9.59 Å². The maximum Gasteiger partial charge on any atom is 0.270 e. The Kier molecular flexibility index (Phi) is 6.91. The summed E-state index contributed by atoms with van der Waals surface area (Å²) in [5.41, 5.74) is 2.52. The van der Waals surface area contributed by atoms with Crippen molar-refractivity contribution in [1.29, 1.82) is 0 Å². The van der Waals surface area contributed by atoms with Gasteiger partial charge >= 0.3 is 0 Å². The molecule has 1 aliphatic heterocycles. The fourth-order valence-corrected chi connectivity index (χ4v) is 4.41.